The molecule has 1 aromatic rings. The van der Waals surface area contributed by atoms with Crippen molar-refractivity contribution in [3.63, 3.8) is 0 Å². The van der Waals surface area contributed by atoms with Gasteiger partial charge < -0.3 is 14.2 Å². The summed E-state index contributed by atoms with van der Waals surface area (Å²) in [5.74, 6) is -0.872. The highest BCUT2D eigenvalue weighted by Gasteiger charge is 2.46. The molecular weight excluding hydrogens is 354 g/mol. The molecule has 1 heterocycles. The molecule has 0 bridgehead atoms. The molecule has 0 saturated carbocycles. The number of hydrogen-bond acceptors (Lipinski definition) is 5. The fraction of sp³-hybridized carbons (Fsp3) is 0.696. The van der Waals surface area contributed by atoms with Gasteiger partial charge in [-0.25, -0.2) is 0 Å². The van der Waals surface area contributed by atoms with Gasteiger partial charge >= 0.3 is 5.97 Å². The molecule has 0 amide bonds. The van der Waals surface area contributed by atoms with E-state index in [1.807, 2.05) is 59.7 Å². The van der Waals surface area contributed by atoms with Crippen LogP contribution in [0.3, 0.4) is 0 Å². The molecule has 2 rings (SSSR count). The van der Waals surface area contributed by atoms with Gasteiger partial charge in [-0.15, -0.1) is 0 Å². The molecule has 158 valence electrons. The van der Waals surface area contributed by atoms with Gasteiger partial charge in [0.2, 0.25) is 0 Å². The molecule has 0 aromatic heterocycles. The van der Waals surface area contributed by atoms with Gasteiger partial charge in [0.1, 0.15) is 11.7 Å². The Kier molecular flexibility index (Phi) is 7.29. The second kappa shape index (κ2) is 8.93. The summed E-state index contributed by atoms with van der Waals surface area (Å²) in [5.41, 5.74) is 0.693. The SMILES string of the molecule is CC(C)N(Cc1ccccc1)[C@H](CC(=O)OC(C)(C)C)[C@@H]1OC(C)(C)O[C@H]1C. The van der Waals surface area contributed by atoms with Gasteiger partial charge in [-0.3, -0.25) is 9.69 Å². The normalized spacial score (nSPS) is 23.2. The summed E-state index contributed by atoms with van der Waals surface area (Å²) in [6.45, 7) is 16.6. The van der Waals surface area contributed by atoms with Crippen LogP contribution in [0, 0.1) is 0 Å². The van der Waals surface area contributed by atoms with Crippen molar-refractivity contribution in [1.82, 2.24) is 4.90 Å². The number of ether oxygens (including phenoxy) is 3. The summed E-state index contributed by atoms with van der Waals surface area (Å²) >= 11 is 0. The Morgan fingerprint density at radius 3 is 2.25 bits per heavy atom. The standard InChI is InChI=1S/C23H37NO4/c1-16(2)24(15-18-12-10-9-11-13-18)19(14-20(25)27-22(4,5)6)21-17(3)26-23(7,8)28-21/h9-13,16-17,19,21H,14-15H2,1-8H3/t17-,19+,21+/m0/s1. The average molecular weight is 392 g/mol. The minimum Gasteiger partial charge on any atom is -0.460 e. The lowest BCUT2D eigenvalue weighted by molar-refractivity contribution is -0.164. The minimum absolute atomic E-state index is 0.112. The van der Waals surface area contributed by atoms with Crippen molar-refractivity contribution in [2.45, 2.75) is 104 Å². The third kappa shape index (κ3) is 6.57. The van der Waals surface area contributed by atoms with Gasteiger partial charge in [-0.05, 0) is 61.0 Å². The largest absolute Gasteiger partial charge is 0.460 e. The van der Waals surface area contributed by atoms with Crippen LogP contribution in [0.2, 0.25) is 0 Å². The monoisotopic (exact) mass is 391 g/mol. The number of nitrogens with zero attached hydrogens (tertiary/aromatic N) is 1. The molecular formula is C23H37NO4. The first-order chi connectivity index (χ1) is 12.9. The first-order valence-corrected chi connectivity index (χ1v) is 10.2. The van der Waals surface area contributed by atoms with Crippen molar-refractivity contribution in [3.8, 4) is 0 Å². The molecule has 0 unspecified atom stereocenters. The minimum atomic E-state index is -0.661. The molecule has 1 aliphatic rings. The van der Waals surface area contributed by atoms with Gasteiger partial charge in [-0.1, -0.05) is 30.3 Å². The van der Waals surface area contributed by atoms with E-state index in [2.05, 4.69) is 30.9 Å². The predicted octanol–water partition coefficient (Wildman–Crippen LogP) is 4.54. The topological polar surface area (TPSA) is 48.0 Å². The first kappa shape index (κ1) is 22.9. The van der Waals surface area contributed by atoms with E-state index in [4.69, 9.17) is 14.2 Å². The number of rotatable bonds is 7. The summed E-state index contributed by atoms with van der Waals surface area (Å²) in [6, 6.07) is 10.4. The molecule has 5 heteroatoms. The van der Waals surface area contributed by atoms with E-state index in [-0.39, 0.29) is 36.7 Å². The van der Waals surface area contributed by atoms with Crippen LogP contribution < -0.4 is 0 Å². The highest BCUT2D eigenvalue weighted by Crippen LogP contribution is 2.34. The van der Waals surface area contributed by atoms with Crippen LogP contribution in [0.4, 0.5) is 0 Å². The first-order valence-electron chi connectivity index (χ1n) is 10.2. The van der Waals surface area contributed by atoms with Gasteiger partial charge in [-0.2, -0.15) is 0 Å². The zero-order valence-corrected chi connectivity index (χ0v) is 18.7. The Bertz CT molecular complexity index is 636. The molecule has 1 saturated heterocycles. The van der Waals surface area contributed by atoms with Crippen molar-refractivity contribution in [1.29, 1.82) is 0 Å². The Morgan fingerprint density at radius 2 is 1.79 bits per heavy atom. The van der Waals surface area contributed by atoms with Gasteiger partial charge in [0, 0.05) is 18.6 Å². The fourth-order valence-electron chi connectivity index (χ4n) is 3.81. The summed E-state index contributed by atoms with van der Waals surface area (Å²) in [7, 11) is 0. The van der Waals surface area contributed by atoms with Crippen molar-refractivity contribution in [2.24, 2.45) is 0 Å². The lowest BCUT2D eigenvalue weighted by Crippen LogP contribution is -2.51. The number of benzene rings is 1. The summed E-state index contributed by atoms with van der Waals surface area (Å²) < 4.78 is 17.9. The van der Waals surface area contributed by atoms with Crippen molar-refractivity contribution < 1.29 is 19.0 Å². The molecule has 5 nitrogen and oxygen atoms in total. The van der Waals surface area contributed by atoms with E-state index in [0.29, 0.717) is 0 Å². The van der Waals surface area contributed by atoms with E-state index in [9.17, 15) is 4.79 Å². The van der Waals surface area contributed by atoms with Crippen LogP contribution >= 0.6 is 0 Å². The maximum Gasteiger partial charge on any atom is 0.308 e. The Labute approximate surface area is 170 Å². The van der Waals surface area contributed by atoms with E-state index in [0.717, 1.165) is 6.54 Å². The molecule has 0 aliphatic carbocycles. The van der Waals surface area contributed by atoms with Crippen LogP contribution in [0.25, 0.3) is 0 Å². The second-order valence-electron chi connectivity index (χ2n) is 9.41. The molecule has 1 aliphatic heterocycles. The molecule has 0 spiro atoms. The summed E-state index contributed by atoms with van der Waals surface area (Å²) in [6.07, 6.45) is -0.0652. The van der Waals surface area contributed by atoms with Gasteiger partial charge in [0.05, 0.1) is 12.5 Å². The number of carbonyl (C=O) groups is 1. The number of hydrogen-bond donors (Lipinski definition) is 0. The maximum absolute atomic E-state index is 12.7. The molecule has 0 N–H and O–H groups in total. The second-order valence-corrected chi connectivity index (χ2v) is 9.41. The summed E-state index contributed by atoms with van der Waals surface area (Å²) in [5, 5.41) is 0. The average Bonchev–Trinajstić information content (AvgIpc) is 2.82. The predicted molar refractivity (Wildman–Crippen MR) is 111 cm³/mol. The Hall–Kier alpha value is -1.43. The third-order valence-electron chi connectivity index (χ3n) is 4.82. The molecule has 28 heavy (non-hydrogen) atoms. The van der Waals surface area contributed by atoms with Crippen LogP contribution in [0.15, 0.2) is 30.3 Å². The van der Waals surface area contributed by atoms with Crippen molar-refractivity contribution in [2.75, 3.05) is 0 Å². The van der Waals surface area contributed by atoms with Crippen molar-refractivity contribution in [3.05, 3.63) is 35.9 Å². The molecule has 0 radical (unpaired) electrons. The van der Waals surface area contributed by atoms with Crippen LogP contribution in [-0.2, 0) is 25.5 Å². The highest BCUT2D eigenvalue weighted by molar-refractivity contribution is 5.70. The zero-order chi connectivity index (χ0) is 21.1. The maximum atomic E-state index is 12.7. The van der Waals surface area contributed by atoms with E-state index >= 15 is 0 Å². The van der Waals surface area contributed by atoms with Crippen LogP contribution in [-0.4, -0.2) is 46.5 Å². The summed E-state index contributed by atoms with van der Waals surface area (Å²) in [4.78, 5) is 15.1. The van der Waals surface area contributed by atoms with Crippen molar-refractivity contribution >= 4 is 5.97 Å². The number of esters is 1. The zero-order valence-electron chi connectivity index (χ0n) is 18.7. The smallest absolute Gasteiger partial charge is 0.308 e. The van der Waals surface area contributed by atoms with Crippen LogP contribution in [0.5, 0.6) is 0 Å². The van der Waals surface area contributed by atoms with Gasteiger partial charge in [0.25, 0.3) is 0 Å². The van der Waals surface area contributed by atoms with E-state index in [1.54, 1.807) is 0 Å². The Morgan fingerprint density at radius 1 is 1.18 bits per heavy atom. The molecule has 3 atom stereocenters. The third-order valence-corrected chi connectivity index (χ3v) is 4.82. The van der Waals surface area contributed by atoms with E-state index in [1.165, 1.54) is 5.56 Å². The number of carbonyl (C=O) groups excluding carboxylic acids is 1. The molecule has 1 fully saturated rings. The lowest BCUT2D eigenvalue weighted by Gasteiger charge is -2.39. The molecule has 1 aromatic carbocycles. The van der Waals surface area contributed by atoms with Crippen LogP contribution in [0.1, 0.15) is 67.4 Å². The van der Waals surface area contributed by atoms with Gasteiger partial charge in [0.15, 0.2) is 5.79 Å². The highest BCUT2D eigenvalue weighted by atomic mass is 16.8. The quantitative estimate of drug-likeness (QED) is 0.639. The Balaban J connectivity index is 2.30. The van der Waals surface area contributed by atoms with E-state index < -0.39 is 11.4 Å². The lowest BCUT2D eigenvalue weighted by atomic mass is 9.98. The fourth-order valence-corrected chi connectivity index (χ4v) is 3.81.